The van der Waals surface area contributed by atoms with E-state index in [-0.39, 0.29) is 12.5 Å². The first-order valence-corrected chi connectivity index (χ1v) is 2.77. The lowest BCUT2D eigenvalue weighted by Gasteiger charge is -2.19. The Kier molecular flexibility index (Phi) is 2.44. The van der Waals surface area contributed by atoms with Gasteiger partial charge in [-0.15, -0.1) is 0 Å². The Labute approximate surface area is 50.2 Å². The lowest BCUT2D eigenvalue weighted by molar-refractivity contribution is -0.0659. The van der Waals surface area contributed by atoms with Crippen LogP contribution in [0.2, 0.25) is 0 Å². The van der Waals surface area contributed by atoms with Gasteiger partial charge in [-0.05, 0) is 13.8 Å². The highest BCUT2D eigenvalue weighted by Gasteiger charge is 2.23. The van der Waals surface area contributed by atoms with Crippen molar-refractivity contribution in [1.82, 2.24) is 0 Å². The van der Waals surface area contributed by atoms with Gasteiger partial charge in [-0.2, -0.15) is 0 Å². The summed E-state index contributed by atoms with van der Waals surface area (Å²) in [4.78, 5) is 0. The van der Waals surface area contributed by atoms with Gasteiger partial charge in [0, 0.05) is 5.92 Å². The summed E-state index contributed by atoms with van der Waals surface area (Å²) in [5.74, 6) is -0.262. The topological polar surface area (TPSA) is 39.8 Å². The minimum Gasteiger partial charge on any atom is -0.236 e. The largest absolute Gasteiger partial charge is 0.236 e. The molecule has 0 saturated carbocycles. The van der Waals surface area contributed by atoms with Crippen molar-refractivity contribution >= 4 is 0 Å². The summed E-state index contributed by atoms with van der Waals surface area (Å²) in [5, 5.41) is 20.9. The number of hydrogen-bond acceptors (Lipinski definition) is 0. The van der Waals surface area contributed by atoms with Crippen molar-refractivity contribution in [1.29, 1.82) is 0 Å². The van der Waals surface area contributed by atoms with Crippen molar-refractivity contribution in [2.24, 2.45) is 5.92 Å². The van der Waals surface area contributed by atoms with Crippen LogP contribution in [0.1, 0.15) is 20.8 Å². The predicted octanol–water partition coefficient (Wildman–Crippen LogP) is 1.26. The first kappa shape index (κ1) is 7.92. The van der Waals surface area contributed by atoms with Crippen LogP contribution < -0.4 is 0 Å². The molecule has 2 radical (unpaired) electrons. The molecule has 0 spiro atoms. The SMILES string of the molecule is CC(C[O])C(C)(C)[O]. The normalized spacial score (nSPS) is 16.1. The van der Waals surface area contributed by atoms with E-state index in [2.05, 4.69) is 0 Å². The van der Waals surface area contributed by atoms with Crippen LogP contribution >= 0.6 is 0 Å². The molecule has 1 atom stereocenters. The molecule has 0 aromatic heterocycles. The van der Waals surface area contributed by atoms with Crippen LogP contribution in [-0.4, -0.2) is 12.2 Å². The first-order chi connectivity index (χ1) is 3.48. The number of hydrogen-bond donors (Lipinski definition) is 0. The average Bonchev–Trinajstić information content (AvgIpc) is 1.62. The van der Waals surface area contributed by atoms with Crippen LogP contribution in [0.4, 0.5) is 0 Å². The molecule has 0 heterocycles. The van der Waals surface area contributed by atoms with E-state index >= 15 is 0 Å². The lowest BCUT2D eigenvalue weighted by atomic mass is 9.94. The van der Waals surface area contributed by atoms with Gasteiger partial charge in [0.05, 0.1) is 6.61 Å². The maximum absolute atomic E-state index is 10.8. The summed E-state index contributed by atoms with van der Waals surface area (Å²) < 4.78 is 0. The van der Waals surface area contributed by atoms with Crippen molar-refractivity contribution in [2.75, 3.05) is 6.61 Å². The maximum Gasteiger partial charge on any atom is 0.103 e. The fourth-order valence-corrected chi connectivity index (χ4v) is 0.201. The molecule has 0 aliphatic rings. The van der Waals surface area contributed by atoms with Crippen molar-refractivity contribution in [3.63, 3.8) is 0 Å². The van der Waals surface area contributed by atoms with Gasteiger partial charge in [-0.3, -0.25) is 0 Å². The van der Waals surface area contributed by atoms with Crippen molar-refractivity contribution < 1.29 is 10.2 Å². The van der Waals surface area contributed by atoms with E-state index in [0.29, 0.717) is 0 Å². The summed E-state index contributed by atoms with van der Waals surface area (Å²) >= 11 is 0. The molecule has 0 rings (SSSR count). The first-order valence-electron chi connectivity index (χ1n) is 2.77. The van der Waals surface area contributed by atoms with E-state index in [0.717, 1.165) is 0 Å². The molecule has 2 nitrogen and oxygen atoms in total. The van der Waals surface area contributed by atoms with Crippen LogP contribution in [-0.2, 0) is 10.2 Å². The molecule has 0 N–H and O–H groups in total. The highest BCUT2D eigenvalue weighted by Crippen LogP contribution is 2.14. The van der Waals surface area contributed by atoms with Crippen LogP contribution in [0.15, 0.2) is 0 Å². The Morgan fingerprint density at radius 3 is 1.88 bits per heavy atom. The van der Waals surface area contributed by atoms with Gasteiger partial charge >= 0.3 is 0 Å². The average molecular weight is 116 g/mol. The van der Waals surface area contributed by atoms with Crippen molar-refractivity contribution in [3.05, 3.63) is 0 Å². The molecule has 0 saturated heterocycles. The second-order valence-electron chi connectivity index (χ2n) is 2.67. The van der Waals surface area contributed by atoms with Gasteiger partial charge < -0.3 is 0 Å². The fraction of sp³-hybridized carbons (Fsp3) is 1.00. The minimum absolute atomic E-state index is 0.262. The molecule has 0 aliphatic carbocycles. The Morgan fingerprint density at radius 1 is 1.50 bits per heavy atom. The highest BCUT2D eigenvalue weighted by atomic mass is 16.3. The third kappa shape index (κ3) is 2.28. The Morgan fingerprint density at radius 2 is 1.88 bits per heavy atom. The molecule has 48 valence electrons. The van der Waals surface area contributed by atoms with Gasteiger partial charge in [0.15, 0.2) is 0 Å². The van der Waals surface area contributed by atoms with Gasteiger partial charge in [0.2, 0.25) is 0 Å². The molecule has 0 bridgehead atoms. The van der Waals surface area contributed by atoms with Gasteiger partial charge in [-0.1, -0.05) is 6.92 Å². The standard InChI is InChI=1S/C6H12O2/c1-5(4-7)6(2,3)8/h5H,4H2,1-3H3. The van der Waals surface area contributed by atoms with E-state index in [4.69, 9.17) is 0 Å². The predicted molar refractivity (Wildman–Crippen MR) is 29.5 cm³/mol. The van der Waals surface area contributed by atoms with Crippen LogP contribution in [0.3, 0.4) is 0 Å². The van der Waals surface area contributed by atoms with E-state index in [1.165, 1.54) is 13.8 Å². The molecule has 8 heavy (non-hydrogen) atoms. The van der Waals surface area contributed by atoms with Crippen LogP contribution in [0.5, 0.6) is 0 Å². The maximum atomic E-state index is 10.8. The smallest absolute Gasteiger partial charge is 0.103 e. The van der Waals surface area contributed by atoms with Crippen molar-refractivity contribution in [3.8, 4) is 0 Å². The van der Waals surface area contributed by atoms with E-state index < -0.39 is 5.60 Å². The summed E-state index contributed by atoms with van der Waals surface area (Å²) in [6.07, 6.45) is 0. The second kappa shape index (κ2) is 2.46. The number of rotatable bonds is 2. The van der Waals surface area contributed by atoms with Gasteiger partial charge in [0.1, 0.15) is 5.60 Å². The Hall–Kier alpha value is -0.0800. The highest BCUT2D eigenvalue weighted by molar-refractivity contribution is 4.71. The van der Waals surface area contributed by atoms with Gasteiger partial charge in [0.25, 0.3) is 0 Å². The molecule has 0 aromatic rings. The third-order valence-corrected chi connectivity index (χ3v) is 1.44. The summed E-state index contributed by atoms with van der Waals surface area (Å²) in [6.45, 7) is 4.49. The molecule has 0 fully saturated rings. The summed E-state index contributed by atoms with van der Waals surface area (Å²) in [5.41, 5.74) is -1.05. The molecule has 0 aliphatic heterocycles. The Balaban J connectivity index is 3.62. The molecule has 0 amide bonds. The fourth-order valence-electron chi connectivity index (χ4n) is 0.201. The van der Waals surface area contributed by atoms with Crippen LogP contribution in [0.25, 0.3) is 0 Å². The molecule has 0 aromatic carbocycles. The molecular formula is C6H12O2. The lowest BCUT2D eigenvalue weighted by Crippen LogP contribution is -2.28. The van der Waals surface area contributed by atoms with Crippen LogP contribution in [0, 0.1) is 5.92 Å². The van der Waals surface area contributed by atoms with E-state index in [1.54, 1.807) is 6.92 Å². The third-order valence-electron chi connectivity index (χ3n) is 1.44. The summed E-state index contributed by atoms with van der Waals surface area (Å²) in [6, 6.07) is 0. The quantitative estimate of drug-likeness (QED) is 0.521. The second-order valence-corrected chi connectivity index (χ2v) is 2.67. The molecular weight excluding hydrogens is 104 g/mol. The zero-order valence-electron chi connectivity index (χ0n) is 5.60. The minimum atomic E-state index is -1.05. The van der Waals surface area contributed by atoms with E-state index in [9.17, 15) is 10.2 Å². The van der Waals surface area contributed by atoms with E-state index in [1.807, 2.05) is 0 Å². The molecule has 1 unspecified atom stereocenters. The van der Waals surface area contributed by atoms with Gasteiger partial charge in [-0.25, -0.2) is 10.2 Å². The monoisotopic (exact) mass is 116 g/mol. The molecule has 2 heteroatoms. The zero-order chi connectivity index (χ0) is 6.78. The zero-order valence-corrected chi connectivity index (χ0v) is 5.60. The Bertz CT molecular complexity index is 63.4. The summed E-state index contributed by atoms with van der Waals surface area (Å²) in [7, 11) is 0. The van der Waals surface area contributed by atoms with Crippen molar-refractivity contribution in [2.45, 2.75) is 26.4 Å².